The normalized spacial score (nSPS) is 23.0. The van der Waals surface area contributed by atoms with Crippen LogP contribution >= 0.6 is 0 Å². The summed E-state index contributed by atoms with van der Waals surface area (Å²) < 4.78 is 24.2. The van der Waals surface area contributed by atoms with Gasteiger partial charge in [0.05, 0.1) is 12.9 Å². The third-order valence-electron chi connectivity index (χ3n) is 2.59. The smallest absolute Gasteiger partial charge is 0.238 e. The quantitative estimate of drug-likeness (QED) is 0.663. The Hall–Kier alpha value is -0.660. The van der Waals surface area contributed by atoms with E-state index in [-0.39, 0.29) is 19.1 Å². The first-order valence-electron chi connectivity index (χ1n) is 5.32. The van der Waals surface area contributed by atoms with E-state index in [2.05, 4.69) is 5.32 Å². The van der Waals surface area contributed by atoms with Gasteiger partial charge in [-0.1, -0.05) is 6.42 Å². The molecule has 0 saturated carbocycles. The summed E-state index contributed by atoms with van der Waals surface area (Å²) in [4.78, 5) is 11.7. The fraction of sp³-hybridized carbons (Fsp3) is 0.889. The number of carbonyl (C=O) groups excluding carboxylic acids is 1. The van der Waals surface area contributed by atoms with Crippen molar-refractivity contribution in [2.45, 2.75) is 25.3 Å². The van der Waals surface area contributed by atoms with Gasteiger partial charge in [-0.05, 0) is 12.8 Å². The third-order valence-corrected chi connectivity index (χ3v) is 3.88. The summed E-state index contributed by atoms with van der Waals surface area (Å²) in [5.41, 5.74) is 0. The highest BCUT2D eigenvalue weighted by Gasteiger charge is 2.33. The standard InChI is InChI=1S/C9H18N2O4S/c1-16(14,15)11-6-3-2-4-8(11)9(13)10-5-7-12/h8,12H,2-7H2,1H3,(H,10,13). The second-order valence-electron chi connectivity index (χ2n) is 3.90. The summed E-state index contributed by atoms with van der Waals surface area (Å²) >= 11 is 0. The number of nitrogens with one attached hydrogen (secondary N) is 1. The van der Waals surface area contributed by atoms with Gasteiger partial charge < -0.3 is 10.4 Å². The molecule has 0 aromatic rings. The van der Waals surface area contributed by atoms with Crippen LogP contribution in [0.25, 0.3) is 0 Å². The van der Waals surface area contributed by atoms with Crippen LogP contribution in [0.15, 0.2) is 0 Å². The van der Waals surface area contributed by atoms with Gasteiger partial charge in [-0.15, -0.1) is 0 Å². The minimum absolute atomic E-state index is 0.142. The van der Waals surface area contributed by atoms with E-state index >= 15 is 0 Å². The summed E-state index contributed by atoms with van der Waals surface area (Å²) in [6.07, 6.45) is 3.30. The van der Waals surface area contributed by atoms with E-state index in [9.17, 15) is 13.2 Å². The number of amides is 1. The van der Waals surface area contributed by atoms with Gasteiger partial charge in [0.1, 0.15) is 6.04 Å². The predicted molar refractivity (Wildman–Crippen MR) is 59.3 cm³/mol. The molecule has 0 aromatic carbocycles. The molecule has 1 heterocycles. The highest BCUT2D eigenvalue weighted by molar-refractivity contribution is 7.88. The molecular weight excluding hydrogens is 232 g/mol. The van der Waals surface area contributed by atoms with Gasteiger partial charge in [0.15, 0.2) is 0 Å². The lowest BCUT2D eigenvalue weighted by atomic mass is 10.0. The lowest BCUT2D eigenvalue weighted by Crippen LogP contribution is -2.51. The Bertz CT molecular complexity index is 341. The van der Waals surface area contributed by atoms with E-state index in [0.29, 0.717) is 13.0 Å². The topological polar surface area (TPSA) is 86.7 Å². The van der Waals surface area contributed by atoms with Crippen LogP contribution in [0, 0.1) is 0 Å². The fourth-order valence-corrected chi connectivity index (χ4v) is 2.99. The fourth-order valence-electron chi connectivity index (χ4n) is 1.86. The van der Waals surface area contributed by atoms with Gasteiger partial charge in [0.25, 0.3) is 0 Å². The highest BCUT2D eigenvalue weighted by Crippen LogP contribution is 2.19. The number of aliphatic hydroxyl groups excluding tert-OH is 1. The number of nitrogens with zero attached hydrogens (tertiary/aromatic N) is 1. The molecule has 0 radical (unpaired) electrons. The number of sulfonamides is 1. The zero-order valence-corrected chi connectivity index (χ0v) is 10.2. The molecule has 2 N–H and O–H groups in total. The van der Waals surface area contributed by atoms with Gasteiger partial charge in [-0.3, -0.25) is 4.79 Å². The molecule has 0 bridgehead atoms. The first-order valence-corrected chi connectivity index (χ1v) is 7.17. The van der Waals surface area contributed by atoms with Crippen molar-refractivity contribution in [3.05, 3.63) is 0 Å². The van der Waals surface area contributed by atoms with Gasteiger partial charge in [-0.25, -0.2) is 8.42 Å². The highest BCUT2D eigenvalue weighted by atomic mass is 32.2. The average Bonchev–Trinajstić information content (AvgIpc) is 2.24. The Balaban J connectivity index is 2.71. The van der Waals surface area contributed by atoms with E-state index < -0.39 is 16.1 Å². The van der Waals surface area contributed by atoms with E-state index in [4.69, 9.17) is 5.11 Å². The molecular formula is C9H18N2O4S. The number of piperidine rings is 1. The molecule has 7 heteroatoms. The number of hydrogen-bond donors (Lipinski definition) is 2. The average molecular weight is 250 g/mol. The Morgan fingerprint density at radius 3 is 2.75 bits per heavy atom. The summed E-state index contributed by atoms with van der Waals surface area (Å²) in [6.45, 7) is 0.417. The molecule has 1 atom stereocenters. The van der Waals surface area contributed by atoms with E-state index in [0.717, 1.165) is 19.1 Å². The summed E-state index contributed by atoms with van der Waals surface area (Å²) in [5.74, 6) is -0.320. The van der Waals surface area contributed by atoms with Crippen LogP contribution in [0.1, 0.15) is 19.3 Å². The largest absolute Gasteiger partial charge is 0.395 e. The lowest BCUT2D eigenvalue weighted by Gasteiger charge is -2.32. The van der Waals surface area contributed by atoms with E-state index in [1.54, 1.807) is 0 Å². The Morgan fingerprint density at radius 2 is 2.19 bits per heavy atom. The van der Waals surface area contributed by atoms with Crippen molar-refractivity contribution in [3.8, 4) is 0 Å². The van der Waals surface area contributed by atoms with Crippen LogP contribution in [-0.2, 0) is 14.8 Å². The van der Waals surface area contributed by atoms with Crippen molar-refractivity contribution in [1.29, 1.82) is 0 Å². The number of carbonyl (C=O) groups is 1. The monoisotopic (exact) mass is 250 g/mol. The lowest BCUT2D eigenvalue weighted by molar-refractivity contribution is -0.125. The van der Waals surface area contributed by atoms with Crippen molar-refractivity contribution >= 4 is 15.9 Å². The molecule has 6 nitrogen and oxygen atoms in total. The molecule has 16 heavy (non-hydrogen) atoms. The summed E-state index contributed by atoms with van der Waals surface area (Å²) in [7, 11) is -3.34. The Labute approximate surface area is 95.7 Å². The molecule has 1 fully saturated rings. The van der Waals surface area contributed by atoms with E-state index in [1.807, 2.05) is 0 Å². The van der Waals surface area contributed by atoms with Crippen molar-refractivity contribution in [1.82, 2.24) is 9.62 Å². The van der Waals surface area contributed by atoms with Crippen molar-refractivity contribution < 1.29 is 18.3 Å². The van der Waals surface area contributed by atoms with Crippen LogP contribution < -0.4 is 5.32 Å². The van der Waals surface area contributed by atoms with Crippen molar-refractivity contribution in [2.75, 3.05) is 26.0 Å². The van der Waals surface area contributed by atoms with Gasteiger partial charge in [0.2, 0.25) is 15.9 Å². The second-order valence-corrected chi connectivity index (χ2v) is 5.83. The molecule has 1 aliphatic rings. The van der Waals surface area contributed by atoms with Gasteiger partial charge in [0, 0.05) is 13.1 Å². The van der Waals surface area contributed by atoms with Crippen LogP contribution in [0.2, 0.25) is 0 Å². The molecule has 1 saturated heterocycles. The first-order chi connectivity index (χ1) is 7.46. The molecule has 0 spiro atoms. The van der Waals surface area contributed by atoms with Gasteiger partial charge >= 0.3 is 0 Å². The summed E-state index contributed by atoms with van der Waals surface area (Å²) in [5, 5.41) is 11.1. The van der Waals surface area contributed by atoms with Crippen LogP contribution in [0.3, 0.4) is 0 Å². The molecule has 1 amide bonds. The SMILES string of the molecule is CS(=O)(=O)N1CCCCC1C(=O)NCCO. The zero-order chi connectivity index (χ0) is 12.2. The van der Waals surface area contributed by atoms with Crippen LogP contribution in [0.5, 0.6) is 0 Å². The summed E-state index contributed by atoms with van der Waals surface area (Å²) in [6, 6.07) is -0.615. The number of hydrogen-bond acceptors (Lipinski definition) is 4. The number of rotatable bonds is 4. The minimum atomic E-state index is -3.34. The predicted octanol–water partition coefficient (Wildman–Crippen LogP) is -1.09. The van der Waals surface area contributed by atoms with E-state index in [1.165, 1.54) is 4.31 Å². The molecule has 1 unspecified atom stereocenters. The second kappa shape index (κ2) is 5.60. The van der Waals surface area contributed by atoms with Crippen LogP contribution in [-0.4, -0.2) is 55.7 Å². The van der Waals surface area contributed by atoms with Crippen molar-refractivity contribution in [2.24, 2.45) is 0 Å². The number of aliphatic hydroxyl groups is 1. The first kappa shape index (κ1) is 13.4. The molecule has 1 rings (SSSR count). The van der Waals surface area contributed by atoms with Crippen molar-refractivity contribution in [3.63, 3.8) is 0 Å². The third kappa shape index (κ3) is 3.43. The molecule has 0 aliphatic carbocycles. The van der Waals surface area contributed by atoms with Crippen LogP contribution in [0.4, 0.5) is 0 Å². The Morgan fingerprint density at radius 1 is 1.50 bits per heavy atom. The maximum Gasteiger partial charge on any atom is 0.238 e. The minimum Gasteiger partial charge on any atom is -0.395 e. The Kier molecular flexibility index (Phi) is 4.69. The van der Waals surface area contributed by atoms with Gasteiger partial charge in [-0.2, -0.15) is 4.31 Å². The molecule has 94 valence electrons. The maximum atomic E-state index is 11.7. The zero-order valence-electron chi connectivity index (χ0n) is 9.35. The molecule has 1 aliphatic heterocycles. The molecule has 0 aromatic heterocycles. The maximum absolute atomic E-state index is 11.7.